The van der Waals surface area contributed by atoms with Gasteiger partial charge in [0, 0.05) is 16.5 Å². The topological polar surface area (TPSA) is 103 Å². The summed E-state index contributed by atoms with van der Waals surface area (Å²) in [6.07, 6.45) is 3.01. The van der Waals surface area contributed by atoms with E-state index < -0.39 is 12.6 Å². The number of carbonyl (C=O) groups is 4. The van der Waals surface area contributed by atoms with E-state index in [-0.39, 0.29) is 35.0 Å². The van der Waals surface area contributed by atoms with E-state index in [2.05, 4.69) is 0 Å². The number of methoxy groups -OCH3 is 1. The standard InChI is InChI=1S/C34H28N2O6/c1-41-24-13-11-19(12-14-24)29(37)18-42-34(40)26-17-28(35-27-8-3-2-7-25(26)27)20-5-4-6-23(16-20)36-32(38)30-21-9-10-22(15-21)31(30)33(36)39/h2-8,11-14,16-17,21-22,30-31H,9-10,15,18H2,1H3/t21-,22+,30-,31+. The molecule has 8 heteroatoms. The van der Waals surface area contributed by atoms with Crippen LogP contribution in [0.5, 0.6) is 5.75 Å². The number of anilines is 1. The van der Waals surface area contributed by atoms with Crippen LogP contribution in [0.3, 0.4) is 0 Å². The number of amides is 2. The summed E-state index contributed by atoms with van der Waals surface area (Å²) < 4.78 is 10.6. The van der Waals surface area contributed by atoms with Crippen LogP contribution in [0.1, 0.15) is 40.0 Å². The zero-order valence-electron chi connectivity index (χ0n) is 23.0. The Morgan fingerprint density at radius 1 is 0.881 bits per heavy atom. The van der Waals surface area contributed by atoms with Crippen molar-refractivity contribution in [1.29, 1.82) is 0 Å². The van der Waals surface area contributed by atoms with Crippen molar-refractivity contribution in [1.82, 2.24) is 4.98 Å². The second-order valence-corrected chi connectivity index (χ2v) is 11.2. The number of aromatic nitrogens is 1. The van der Waals surface area contributed by atoms with E-state index in [9.17, 15) is 19.2 Å². The molecule has 42 heavy (non-hydrogen) atoms. The lowest BCUT2D eigenvalue weighted by molar-refractivity contribution is -0.123. The Kier molecular flexibility index (Phi) is 6.34. The summed E-state index contributed by atoms with van der Waals surface area (Å²) >= 11 is 0. The summed E-state index contributed by atoms with van der Waals surface area (Å²) in [5.74, 6) is -0.387. The average molecular weight is 561 g/mol. The van der Waals surface area contributed by atoms with Crippen molar-refractivity contribution in [2.75, 3.05) is 18.6 Å². The van der Waals surface area contributed by atoms with Gasteiger partial charge in [0.2, 0.25) is 11.8 Å². The van der Waals surface area contributed by atoms with Crippen molar-refractivity contribution >= 4 is 40.2 Å². The van der Waals surface area contributed by atoms with Gasteiger partial charge in [-0.3, -0.25) is 19.3 Å². The zero-order chi connectivity index (χ0) is 29.0. The minimum absolute atomic E-state index is 0.105. The molecule has 2 bridgehead atoms. The molecule has 3 fully saturated rings. The first-order valence-corrected chi connectivity index (χ1v) is 14.2. The number of rotatable bonds is 7. The molecule has 1 aliphatic heterocycles. The van der Waals surface area contributed by atoms with E-state index in [4.69, 9.17) is 14.5 Å². The van der Waals surface area contributed by atoms with Gasteiger partial charge >= 0.3 is 5.97 Å². The molecule has 4 aromatic rings. The lowest BCUT2D eigenvalue weighted by Gasteiger charge is -2.19. The predicted molar refractivity (Wildman–Crippen MR) is 155 cm³/mol. The molecule has 2 heterocycles. The van der Waals surface area contributed by atoms with Crippen LogP contribution in [0.4, 0.5) is 5.69 Å². The second-order valence-electron chi connectivity index (χ2n) is 11.2. The van der Waals surface area contributed by atoms with Crippen LogP contribution in [0.2, 0.25) is 0 Å². The van der Waals surface area contributed by atoms with Crippen LogP contribution in [-0.2, 0) is 14.3 Å². The molecular weight excluding hydrogens is 532 g/mol. The Balaban J connectivity index is 1.17. The molecule has 3 aromatic carbocycles. The highest BCUT2D eigenvalue weighted by atomic mass is 16.5. The van der Waals surface area contributed by atoms with Gasteiger partial charge in [-0.2, -0.15) is 0 Å². The van der Waals surface area contributed by atoms with E-state index in [1.54, 1.807) is 73.8 Å². The highest BCUT2D eigenvalue weighted by Gasteiger charge is 2.61. The molecule has 0 N–H and O–H groups in total. The van der Waals surface area contributed by atoms with Crippen LogP contribution in [0, 0.1) is 23.7 Å². The Bertz CT molecular complexity index is 1740. The van der Waals surface area contributed by atoms with Gasteiger partial charge in [0.15, 0.2) is 12.4 Å². The molecule has 2 amide bonds. The third-order valence-corrected chi connectivity index (χ3v) is 9.01. The summed E-state index contributed by atoms with van der Waals surface area (Å²) in [4.78, 5) is 58.9. The number of nitrogens with zero attached hydrogens (tertiary/aromatic N) is 2. The van der Waals surface area contributed by atoms with Crippen molar-refractivity contribution in [3.8, 4) is 17.0 Å². The van der Waals surface area contributed by atoms with Gasteiger partial charge in [0.1, 0.15) is 5.75 Å². The van der Waals surface area contributed by atoms with Crippen LogP contribution in [0.15, 0.2) is 78.9 Å². The highest BCUT2D eigenvalue weighted by molar-refractivity contribution is 6.22. The van der Waals surface area contributed by atoms with Gasteiger partial charge in [-0.1, -0.05) is 30.3 Å². The fraction of sp³-hybridized carbons (Fsp3) is 0.265. The molecule has 210 valence electrons. The molecule has 2 saturated carbocycles. The minimum atomic E-state index is -0.652. The Labute approximate surface area is 242 Å². The number of para-hydroxylation sites is 1. The maximum Gasteiger partial charge on any atom is 0.339 e. The van der Waals surface area contributed by atoms with Crippen molar-refractivity contribution in [3.05, 3.63) is 90.0 Å². The second kappa shape index (κ2) is 10.2. The normalized spacial score (nSPS) is 22.5. The van der Waals surface area contributed by atoms with Gasteiger partial charge in [-0.15, -0.1) is 0 Å². The van der Waals surface area contributed by atoms with Gasteiger partial charge < -0.3 is 9.47 Å². The first-order chi connectivity index (χ1) is 20.4. The number of ketones is 1. The first kappa shape index (κ1) is 26.1. The lowest BCUT2D eigenvalue weighted by Crippen LogP contribution is -2.32. The number of fused-ring (bicyclic) bond motifs is 6. The van der Waals surface area contributed by atoms with Crippen molar-refractivity contribution in [3.63, 3.8) is 0 Å². The number of benzene rings is 3. The summed E-state index contributed by atoms with van der Waals surface area (Å²) in [6.45, 7) is -0.421. The van der Waals surface area contributed by atoms with Gasteiger partial charge in [0.25, 0.3) is 0 Å². The zero-order valence-corrected chi connectivity index (χ0v) is 23.0. The van der Waals surface area contributed by atoms with E-state index in [0.717, 1.165) is 19.3 Å². The Hall–Kier alpha value is -4.85. The fourth-order valence-electron chi connectivity index (χ4n) is 7.03. The number of hydrogen-bond donors (Lipinski definition) is 0. The number of carbonyl (C=O) groups excluding carboxylic acids is 4. The summed E-state index contributed by atoms with van der Waals surface area (Å²) in [5, 5.41) is 0.590. The van der Waals surface area contributed by atoms with Crippen LogP contribution >= 0.6 is 0 Å². The predicted octanol–water partition coefficient (Wildman–Crippen LogP) is 5.49. The highest BCUT2D eigenvalue weighted by Crippen LogP contribution is 2.56. The third kappa shape index (κ3) is 4.26. The summed E-state index contributed by atoms with van der Waals surface area (Å²) in [5.41, 5.74) is 2.91. The molecule has 0 radical (unpaired) electrons. The van der Waals surface area contributed by atoms with E-state index in [0.29, 0.717) is 51.0 Å². The SMILES string of the molecule is COc1ccc(C(=O)COC(=O)c2cc(-c3cccc(N4C(=O)[C@@H]5[C@@H]6CC[C@@H](C6)[C@@H]5C4=O)c3)nc3ccccc23)cc1. The maximum atomic E-state index is 13.4. The molecule has 0 spiro atoms. The van der Waals surface area contributed by atoms with Crippen molar-refractivity contribution in [2.45, 2.75) is 19.3 Å². The van der Waals surface area contributed by atoms with Gasteiger partial charge in [0.05, 0.1) is 41.4 Å². The molecule has 3 aliphatic rings. The molecule has 0 unspecified atom stereocenters. The molecule has 1 saturated heterocycles. The van der Waals surface area contributed by atoms with Gasteiger partial charge in [-0.05, 0) is 79.6 Å². The van der Waals surface area contributed by atoms with Crippen molar-refractivity contribution < 1.29 is 28.7 Å². The van der Waals surface area contributed by atoms with E-state index in [1.165, 1.54) is 4.90 Å². The smallest absolute Gasteiger partial charge is 0.339 e. The number of imide groups is 1. The fourth-order valence-corrected chi connectivity index (χ4v) is 7.03. The largest absolute Gasteiger partial charge is 0.497 e. The molecule has 1 aromatic heterocycles. The number of esters is 1. The van der Waals surface area contributed by atoms with Gasteiger partial charge in [-0.25, -0.2) is 9.78 Å². The Morgan fingerprint density at radius 2 is 1.60 bits per heavy atom. The third-order valence-electron chi connectivity index (χ3n) is 9.01. The number of ether oxygens (including phenoxy) is 2. The first-order valence-electron chi connectivity index (χ1n) is 14.2. The van der Waals surface area contributed by atoms with Crippen LogP contribution < -0.4 is 9.64 Å². The quantitative estimate of drug-likeness (QED) is 0.167. The molecule has 8 nitrogen and oxygen atoms in total. The van der Waals surface area contributed by atoms with E-state index >= 15 is 0 Å². The number of Topliss-reactive ketones (excluding diaryl/α,β-unsaturated/α-hetero) is 1. The molecular formula is C34H28N2O6. The van der Waals surface area contributed by atoms with Crippen molar-refractivity contribution in [2.24, 2.45) is 23.7 Å². The molecule has 7 rings (SSSR count). The molecule has 4 atom stereocenters. The lowest BCUT2D eigenvalue weighted by atomic mass is 9.81. The summed E-state index contributed by atoms with van der Waals surface area (Å²) in [7, 11) is 1.54. The number of pyridine rings is 1. The maximum absolute atomic E-state index is 13.4. The average Bonchev–Trinajstić information content (AvgIpc) is 3.72. The minimum Gasteiger partial charge on any atom is -0.497 e. The van der Waals surface area contributed by atoms with Crippen LogP contribution in [-0.4, -0.2) is 42.3 Å². The number of hydrogen-bond acceptors (Lipinski definition) is 7. The Morgan fingerprint density at radius 3 is 2.31 bits per heavy atom. The monoisotopic (exact) mass is 560 g/mol. The van der Waals surface area contributed by atoms with Crippen LogP contribution in [0.25, 0.3) is 22.2 Å². The molecule has 2 aliphatic carbocycles. The summed E-state index contributed by atoms with van der Waals surface area (Å²) in [6, 6.07) is 22.6. The van der Waals surface area contributed by atoms with E-state index in [1.807, 2.05) is 12.1 Å².